The lowest BCUT2D eigenvalue weighted by Gasteiger charge is -2.41. The van der Waals surface area contributed by atoms with Gasteiger partial charge in [0.1, 0.15) is 0 Å². The largest absolute Gasteiger partial charge is 0.365 e. The molecule has 3 heterocycles. The van der Waals surface area contributed by atoms with Gasteiger partial charge in [0.2, 0.25) is 5.91 Å². The molecule has 0 spiro atoms. The van der Waals surface area contributed by atoms with Gasteiger partial charge in [-0.25, -0.2) is 0 Å². The molecule has 6 heteroatoms. The highest BCUT2D eigenvalue weighted by Crippen LogP contribution is 2.19. The Labute approximate surface area is 124 Å². The van der Waals surface area contributed by atoms with Crippen molar-refractivity contribution in [1.29, 1.82) is 0 Å². The van der Waals surface area contributed by atoms with E-state index in [-0.39, 0.29) is 17.9 Å². The monoisotopic (exact) mass is 290 g/mol. The van der Waals surface area contributed by atoms with Crippen LogP contribution in [0.5, 0.6) is 0 Å². The van der Waals surface area contributed by atoms with Gasteiger partial charge < -0.3 is 20.1 Å². The number of aromatic amines is 1. The van der Waals surface area contributed by atoms with Crippen molar-refractivity contribution in [3.05, 3.63) is 23.5 Å². The summed E-state index contributed by atoms with van der Waals surface area (Å²) in [5, 5.41) is 3.09. The van der Waals surface area contributed by atoms with Crippen LogP contribution >= 0.6 is 0 Å². The maximum Gasteiger partial charge on any atom is 0.255 e. The zero-order valence-corrected chi connectivity index (χ0v) is 12.4. The highest BCUT2D eigenvalue weighted by atomic mass is 16.2. The van der Waals surface area contributed by atoms with E-state index in [1.165, 1.54) is 0 Å². The van der Waals surface area contributed by atoms with Crippen molar-refractivity contribution in [3.63, 3.8) is 0 Å². The molecule has 2 amide bonds. The van der Waals surface area contributed by atoms with Crippen molar-refractivity contribution in [2.45, 2.75) is 25.8 Å². The summed E-state index contributed by atoms with van der Waals surface area (Å²) in [6, 6.07) is 1.99. The maximum absolute atomic E-state index is 12.6. The summed E-state index contributed by atoms with van der Waals surface area (Å²) in [7, 11) is 0. The van der Waals surface area contributed by atoms with E-state index in [2.05, 4.69) is 10.3 Å². The van der Waals surface area contributed by atoms with Crippen molar-refractivity contribution in [1.82, 2.24) is 20.1 Å². The van der Waals surface area contributed by atoms with E-state index in [1.807, 2.05) is 22.8 Å². The fourth-order valence-corrected chi connectivity index (χ4v) is 3.26. The Kier molecular flexibility index (Phi) is 3.96. The molecule has 6 nitrogen and oxygen atoms in total. The first-order valence-corrected chi connectivity index (χ1v) is 7.60. The van der Waals surface area contributed by atoms with Crippen molar-refractivity contribution < 1.29 is 9.59 Å². The number of amides is 2. The quantitative estimate of drug-likeness (QED) is 0.826. The van der Waals surface area contributed by atoms with Gasteiger partial charge >= 0.3 is 0 Å². The normalized spacial score (nSPS) is 23.5. The van der Waals surface area contributed by atoms with Gasteiger partial charge in [0.25, 0.3) is 5.91 Å². The molecule has 0 bridgehead atoms. The minimum absolute atomic E-state index is 0.0704. The SMILES string of the molecule is Cc1[nH]ccc1C(=O)N1CCCC(N2CCNCC2=O)C1. The number of aryl methyl sites for hydroxylation is 1. The standard InChI is InChI=1S/C15H22N4O2/c1-11-13(4-5-17-11)15(21)18-7-2-3-12(10-18)19-8-6-16-9-14(19)20/h4-5,12,16-17H,2-3,6-10H2,1H3. The average Bonchev–Trinajstić information content (AvgIpc) is 2.93. The Balaban J connectivity index is 1.69. The van der Waals surface area contributed by atoms with Crippen molar-refractivity contribution in [2.75, 3.05) is 32.7 Å². The average molecular weight is 290 g/mol. The van der Waals surface area contributed by atoms with E-state index in [9.17, 15) is 9.59 Å². The van der Waals surface area contributed by atoms with Crippen molar-refractivity contribution in [2.24, 2.45) is 0 Å². The number of aromatic nitrogens is 1. The summed E-state index contributed by atoms with van der Waals surface area (Å²) < 4.78 is 0. The molecule has 2 aliphatic heterocycles. The summed E-state index contributed by atoms with van der Waals surface area (Å²) in [6.45, 7) is 5.34. The first-order valence-electron chi connectivity index (χ1n) is 7.60. The van der Waals surface area contributed by atoms with E-state index >= 15 is 0 Å². The number of hydrogen-bond acceptors (Lipinski definition) is 3. The Hall–Kier alpha value is -1.82. The molecular formula is C15H22N4O2. The minimum Gasteiger partial charge on any atom is -0.365 e. The molecule has 3 rings (SSSR count). The van der Waals surface area contributed by atoms with E-state index in [4.69, 9.17) is 0 Å². The Bertz CT molecular complexity index is 540. The van der Waals surface area contributed by atoms with Gasteiger partial charge in [0.05, 0.1) is 12.1 Å². The third-order valence-electron chi connectivity index (χ3n) is 4.43. The van der Waals surface area contributed by atoms with Crippen LogP contribution in [0.4, 0.5) is 0 Å². The molecule has 2 aliphatic rings. The molecule has 1 aromatic heterocycles. The minimum atomic E-state index is 0.0704. The lowest BCUT2D eigenvalue weighted by molar-refractivity contribution is -0.135. The Morgan fingerprint density at radius 2 is 2.24 bits per heavy atom. The molecular weight excluding hydrogens is 268 g/mol. The number of piperazine rings is 1. The van der Waals surface area contributed by atoms with Crippen LogP contribution < -0.4 is 5.32 Å². The zero-order chi connectivity index (χ0) is 14.8. The molecule has 21 heavy (non-hydrogen) atoms. The number of carbonyl (C=O) groups excluding carboxylic acids is 2. The molecule has 1 unspecified atom stereocenters. The van der Waals surface area contributed by atoms with Gasteiger partial charge in [0, 0.05) is 44.1 Å². The van der Waals surface area contributed by atoms with Gasteiger partial charge in [-0.15, -0.1) is 0 Å². The van der Waals surface area contributed by atoms with Crippen molar-refractivity contribution in [3.8, 4) is 0 Å². The second kappa shape index (κ2) is 5.89. The maximum atomic E-state index is 12.6. The lowest BCUT2D eigenvalue weighted by Crippen LogP contribution is -2.57. The van der Waals surface area contributed by atoms with Gasteiger partial charge in [0.15, 0.2) is 0 Å². The summed E-state index contributed by atoms with van der Waals surface area (Å²) >= 11 is 0. The third kappa shape index (κ3) is 2.81. The molecule has 2 fully saturated rings. The van der Waals surface area contributed by atoms with Crippen LogP contribution in [0.15, 0.2) is 12.3 Å². The van der Waals surface area contributed by atoms with Crippen LogP contribution in [-0.4, -0.2) is 65.4 Å². The highest BCUT2D eigenvalue weighted by Gasteiger charge is 2.32. The second-order valence-electron chi connectivity index (χ2n) is 5.83. The molecule has 0 radical (unpaired) electrons. The number of nitrogens with zero attached hydrogens (tertiary/aromatic N) is 2. The number of rotatable bonds is 2. The number of nitrogens with one attached hydrogen (secondary N) is 2. The van der Waals surface area contributed by atoms with Crippen LogP contribution in [0.1, 0.15) is 28.9 Å². The van der Waals surface area contributed by atoms with Crippen LogP contribution in [0.25, 0.3) is 0 Å². The van der Waals surface area contributed by atoms with Gasteiger partial charge in [-0.05, 0) is 25.8 Å². The molecule has 0 aromatic carbocycles. The summed E-state index contributed by atoms with van der Waals surface area (Å²) in [6.07, 6.45) is 3.74. The smallest absolute Gasteiger partial charge is 0.255 e. The number of H-pyrrole nitrogens is 1. The Morgan fingerprint density at radius 1 is 1.38 bits per heavy atom. The van der Waals surface area contributed by atoms with Crippen molar-refractivity contribution >= 4 is 11.8 Å². The molecule has 1 atom stereocenters. The second-order valence-corrected chi connectivity index (χ2v) is 5.83. The first-order chi connectivity index (χ1) is 10.2. The van der Waals surface area contributed by atoms with Gasteiger partial charge in [-0.2, -0.15) is 0 Å². The van der Waals surface area contributed by atoms with Crippen LogP contribution in [0.2, 0.25) is 0 Å². The molecule has 0 saturated carbocycles. The first kappa shape index (κ1) is 14.1. The summed E-state index contributed by atoms with van der Waals surface area (Å²) in [4.78, 5) is 31.5. The highest BCUT2D eigenvalue weighted by molar-refractivity contribution is 5.95. The predicted octanol–water partition coefficient (Wildman–Crippen LogP) is 0.360. The molecule has 2 N–H and O–H groups in total. The van der Waals surface area contributed by atoms with E-state index in [1.54, 1.807) is 6.20 Å². The fourth-order valence-electron chi connectivity index (χ4n) is 3.26. The van der Waals surface area contributed by atoms with Crippen LogP contribution in [-0.2, 0) is 4.79 Å². The van der Waals surface area contributed by atoms with E-state index < -0.39 is 0 Å². The number of hydrogen-bond donors (Lipinski definition) is 2. The Morgan fingerprint density at radius 3 is 2.95 bits per heavy atom. The molecule has 0 aliphatic carbocycles. The summed E-state index contributed by atoms with van der Waals surface area (Å²) in [5.41, 5.74) is 1.64. The fraction of sp³-hybridized carbons (Fsp3) is 0.600. The number of likely N-dealkylation sites (tertiary alicyclic amines) is 1. The zero-order valence-electron chi connectivity index (χ0n) is 12.4. The molecule has 2 saturated heterocycles. The molecule has 114 valence electrons. The lowest BCUT2D eigenvalue weighted by atomic mass is 10.0. The molecule has 1 aromatic rings. The summed E-state index contributed by atoms with van der Waals surface area (Å²) in [5.74, 6) is 0.222. The van der Waals surface area contributed by atoms with E-state index in [0.29, 0.717) is 13.1 Å². The number of piperidine rings is 1. The predicted molar refractivity (Wildman–Crippen MR) is 79.0 cm³/mol. The van der Waals surface area contributed by atoms with Crippen LogP contribution in [0.3, 0.4) is 0 Å². The van der Waals surface area contributed by atoms with E-state index in [0.717, 1.165) is 43.7 Å². The van der Waals surface area contributed by atoms with Gasteiger partial charge in [-0.1, -0.05) is 0 Å². The van der Waals surface area contributed by atoms with Gasteiger partial charge in [-0.3, -0.25) is 9.59 Å². The van der Waals surface area contributed by atoms with Crippen LogP contribution in [0, 0.1) is 6.92 Å². The topological polar surface area (TPSA) is 68.4 Å². The third-order valence-corrected chi connectivity index (χ3v) is 4.43. The number of carbonyl (C=O) groups is 2.